The quantitative estimate of drug-likeness (QED) is 0.745. The smallest absolute Gasteiger partial charge is 0.127 e. The maximum absolute atomic E-state index is 9.12. The first-order valence-electron chi connectivity index (χ1n) is 6.06. The number of nitrogens with zero attached hydrogens (tertiary/aromatic N) is 1. The Labute approximate surface area is 97.9 Å². The van der Waals surface area contributed by atoms with Gasteiger partial charge in [-0.1, -0.05) is 6.92 Å². The molecule has 1 N–H and O–H groups in total. The highest BCUT2D eigenvalue weighted by Crippen LogP contribution is 2.13. The molecule has 1 saturated heterocycles. The van der Waals surface area contributed by atoms with E-state index in [0.29, 0.717) is 6.61 Å². The summed E-state index contributed by atoms with van der Waals surface area (Å²) in [5, 5.41) is 12.3. The summed E-state index contributed by atoms with van der Waals surface area (Å²) in [5.41, 5.74) is -0.561. The minimum atomic E-state index is -0.561. The van der Waals surface area contributed by atoms with E-state index in [9.17, 15) is 0 Å². The van der Waals surface area contributed by atoms with Crippen molar-refractivity contribution in [1.82, 2.24) is 5.32 Å². The summed E-state index contributed by atoms with van der Waals surface area (Å²) in [6, 6.07) is 2.29. The molecule has 1 rings (SSSR count). The van der Waals surface area contributed by atoms with E-state index in [1.807, 2.05) is 6.92 Å². The molecule has 1 heterocycles. The van der Waals surface area contributed by atoms with Gasteiger partial charge in [-0.15, -0.1) is 0 Å². The van der Waals surface area contributed by atoms with Crippen LogP contribution in [0.5, 0.6) is 0 Å². The second-order valence-corrected chi connectivity index (χ2v) is 4.49. The van der Waals surface area contributed by atoms with Crippen molar-refractivity contribution < 1.29 is 9.47 Å². The van der Waals surface area contributed by atoms with E-state index in [2.05, 4.69) is 18.3 Å². The van der Waals surface area contributed by atoms with Gasteiger partial charge in [0, 0.05) is 13.2 Å². The Morgan fingerprint density at radius 1 is 1.50 bits per heavy atom. The van der Waals surface area contributed by atoms with Gasteiger partial charge in [-0.2, -0.15) is 5.26 Å². The van der Waals surface area contributed by atoms with Crippen LogP contribution in [0.15, 0.2) is 0 Å². The summed E-state index contributed by atoms with van der Waals surface area (Å²) >= 11 is 0. The van der Waals surface area contributed by atoms with Gasteiger partial charge in [-0.05, 0) is 32.7 Å². The van der Waals surface area contributed by atoms with Crippen molar-refractivity contribution in [3.05, 3.63) is 0 Å². The number of hydrogen-bond acceptors (Lipinski definition) is 4. The van der Waals surface area contributed by atoms with Crippen LogP contribution in [-0.4, -0.2) is 38.0 Å². The molecule has 4 heteroatoms. The first kappa shape index (κ1) is 13.4. The van der Waals surface area contributed by atoms with Crippen LogP contribution in [0, 0.1) is 11.3 Å². The summed E-state index contributed by atoms with van der Waals surface area (Å²) in [6.07, 6.45) is 3.16. The highest BCUT2D eigenvalue weighted by atomic mass is 16.5. The molecule has 0 spiro atoms. The van der Waals surface area contributed by atoms with Gasteiger partial charge < -0.3 is 9.47 Å². The maximum atomic E-state index is 9.12. The van der Waals surface area contributed by atoms with Crippen molar-refractivity contribution in [3.63, 3.8) is 0 Å². The average Bonchev–Trinajstić information content (AvgIpc) is 2.35. The Hall–Kier alpha value is -0.630. The third-order valence-corrected chi connectivity index (χ3v) is 2.79. The van der Waals surface area contributed by atoms with Crippen LogP contribution >= 0.6 is 0 Å². The molecule has 92 valence electrons. The molecule has 0 amide bonds. The second-order valence-electron chi connectivity index (χ2n) is 4.49. The Balaban J connectivity index is 2.29. The van der Waals surface area contributed by atoms with Crippen molar-refractivity contribution >= 4 is 0 Å². The van der Waals surface area contributed by atoms with Crippen LogP contribution in [0.3, 0.4) is 0 Å². The fourth-order valence-corrected chi connectivity index (χ4v) is 1.65. The van der Waals surface area contributed by atoms with E-state index in [4.69, 9.17) is 14.7 Å². The second kappa shape index (κ2) is 6.85. The Bertz CT molecular complexity index is 234. The summed E-state index contributed by atoms with van der Waals surface area (Å²) < 4.78 is 11.0. The van der Waals surface area contributed by atoms with Gasteiger partial charge >= 0.3 is 0 Å². The van der Waals surface area contributed by atoms with Crippen LogP contribution in [-0.2, 0) is 9.47 Å². The van der Waals surface area contributed by atoms with E-state index in [1.165, 1.54) is 0 Å². The Morgan fingerprint density at radius 3 is 2.75 bits per heavy atom. The molecule has 0 aliphatic carbocycles. The fraction of sp³-hybridized carbons (Fsp3) is 0.917. The van der Waals surface area contributed by atoms with Crippen molar-refractivity contribution in [2.75, 3.05) is 26.4 Å². The summed E-state index contributed by atoms with van der Waals surface area (Å²) in [5.74, 6) is 0. The third-order valence-electron chi connectivity index (χ3n) is 2.79. The van der Waals surface area contributed by atoms with Crippen molar-refractivity contribution in [2.24, 2.45) is 0 Å². The number of ether oxygens (including phenoxy) is 2. The maximum Gasteiger partial charge on any atom is 0.127 e. The SMILES string of the molecule is CCCNC(C)(C#N)COC1CCOCC1. The first-order chi connectivity index (χ1) is 7.70. The van der Waals surface area contributed by atoms with Gasteiger partial charge in [-0.3, -0.25) is 5.32 Å². The molecule has 1 fully saturated rings. The zero-order chi connectivity index (χ0) is 11.9. The summed E-state index contributed by atoms with van der Waals surface area (Å²) in [7, 11) is 0. The molecule has 0 saturated carbocycles. The zero-order valence-corrected chi connectivity index (χ0v) is 10.3. The molecule has 0 aromatic rings. The van der Waals surface area contributed by atoms with Gasteiger partial charge in [0.05, 0.1) is 18.8 Å². The van der Waals surface area contributed by atoms with Crippen LogP contribution in [0.2, 0.25) is 0 Å². The molecular formula is C12H22N2O2. The van der Waals surface area contributed by atoms with Crippen molar-refractivity contribution in [3.8, 4) is 6.07 Å². The van der Waals surface area contributed by atoms with Gasteiger partial charge in [0.2, 0.25) is 0 Å². The minimum absolute atomic E-state index is 0.254. The molecular weight excluding hydrogens is 204 g/mol. The Kier molecular flexibility index (Phi) is 5.75. The lowest BCUT2D eigenvalue weighted by Gasteiger charge is -2.28. The molecule has 0 aromatic carbocycles. The predicted molar refractivity (Wildman–Crippen MR) is 62.1 cm³/mol. The summed E-state index contributed by atoms with van der Waals surface area (Å²) in [4.78, 5) is 0. The number of nitrogens with one attached hydrogen (secondary N) is 1. The lowest BCUT2D eigenvalue weighted by molar-refractivity contribution is -0.0432. The van der Waals surface area contributed by atoms with Crippen molar-refractivity contribution in [2.45, 2.75) is 44.8 Å². The minimum Gasteiger partial charge on any atom is -0.381 e. The van der Waals surface area contributed by atoms with E-state index in [1.54, 1.807) is 0 Å². The van der Waals surface area contributed by atoms with Crippen LogP contribution in [0.25, 0.3) is 0 Å². The van der Waals surface area contributed by atoms with E-state index < -0.39 is 5.54 Å². The molecule has 1 unspecified atom stereocenters. The number of rotatable bonds is 6. The lowest BCUT2D eigenvalue weighted by Crippen LogP contribution is -2.46. The largest absolute Gasteiger partial charge is 0.381 e. The van der Waals surface area contributed by atoms with Gasteiger partial charge in [-0.25, -0.2) is 0 Å². The molecule has 0 aromatic heterocycles. The molecule has 1 aliphatic rings. The first-order valence-corrected chi connectivity index (χ1v) is 6.06. The number of hydrogen-bond donors (Lipinski definition) is 1. The fourth-order valence-electron chi connectivity index (χ4n) is 1.65. The average molecular weight is 226 g/mol. The molecule has 0 radical (unpaired) electrons. The highest BCUT2D eigenvalue weighted by molar-refractivity contribution is 5.03. The lowest BCUT2D eigenvalue weighted by atomic mass is 10.1. The zero-order valence-electron chi connectivity index (χ0n) is 10.3. The molecule has 0 bridgehead atoms. The third kappa shape index (κ3) is 4.48. The van der Waals surface area contributed by atoms with Crippen LogP contribution in [0.4, 0.5) is 0 Å². The summed E-state index contributed by atoms with van der Waals surface area (Å²) in [6.45, 7) is 6.83. The van der Waals surface area contributed by atoms with Gasteiger partial charge in [0.15, 0.2) is 0 Å². The van der Waals surface area contributed by atoms with E-state index in [-0.39, 0.29) is 6.10 Å². The van der Waals surface area contributed by atoms with Crippen LogP contribution < -0.4 is 5.32 Å². The standard InChI is InChI=1S/C12H22N2O2/c1-3-6-14-12(2,9-13)10-16-11-4-7-15-8-5-11/h11,14H,3-8,10H2,1-2H3. The monoisotopic (exact) mass is 226 g/mol. The molecule has 4 nitrogen and oxygen atoms in total. The van der Waals surface area contributed by atoms with E-state index in [0.717, 1.165) is 39.0 Å². The molecule has 1 aliphatic heterocycles. The van der Waals surface area contributed by atoms with Gasteiger partial charge in [0.1, 0.15) is 5.54 Å². The van der Waals surface area contributed by atoms with Crippen LogP contribution in [0.1, 0.15) is 33.1 Å². The molecule has 1 atom stereocenters. The molecule has 16 heavy (non-hydrogen) atoms. The van der Waals surface area contributed by atoms with E-state index >= 15 is 0 Å². The Morgan fingerprint density at radius 2 is 2.19 bits per heavy atom. The normalized spacial score (nSPS) is 21.3. The van der Waals surface area contributed by atoms with Crippen molar-refractivity contribution in [1.29, 1.82) is 5.26 Å². The highest BCUT2D eigenvalue weighted by Gasteiger charge is 2.25. The topological polar surface area (TPSA) is 54.3 Å². The predicted octanol–water partition coefficient (Wildman–Crippen LogP) is 1.46. The van der Waals surface area contributed by atoms with Gasteiger partial charge in [0.25, 0.3) is 0 Å². The number of nitriles is 1.